The van der Waals surface area contributed by atoms with Crippen LogP contribution in [0.1, 0.15) is 38.4 Å². The van der Waals surface area contributed by atoms with Gasteiger partial charge in [-0.25, -0.2) is 18.3 Å². The molecule has 4 heterocycles. The summed E-state index contributed by atoms with van der Waals surface area (Å²) in [6.07, 6.45) is 3.53. The Morgan fingerprint density at radius 3 is 2.66 bits per heavy atom. The lowest BCUT2D eigenvalue weighted by Gasteiger charge is -2.53. The van der Waals surface area contributed by atoms with Crippen molar-refractivity contribution in [3.8, 4) is 17.0 Å². The van der Waals surface area contributed by atoms with Crippen molar-refractivity contribution in [1.29, 1.82) is 0 Å². The number of nitrogens with zero attached hydrogens (tertiary/aromatic N) is 6. The Hall–Kier alpha value is -3.76. The smallest absolute Gasteiger partial charge is 0.256 e. The highest BCUT2D eigenvalue weighted by molar-refractivity contribution is 5.90. The van der Waals surface area contributed by atoms with Gasteiger partial charge < -0.3 is 19.5 Å². The van der Waals surface area contributed by atoms with Gasteiger partial charge in [0.05, 0.1) is 24.7 Å². The zero-order valence-corrected chi connectivity index (χ0v) is 21.7. The number of anilines is 1. The second-order valence-corrected chi connectivity index (χ2v) is 10.6. The van der Waals surface area contributed by atoms with Gasteiger partial charge in [-0.1, -0.05) is 6.07 Å². The molecule has 38 heavy (non-hydrogen) atoms. The number of carbonyl (C=O) groups excluding carboxylic acids is 1. The number of carbonyl (C=O) groups is 1. The van der Waals surface area contributed by atoms with E-state index in [1.807, 2.05) is 35.4 Å². The van der Waals surface area contributed by atoms with E-state index in [0.29, 0.717) is 34.2 Å². The molecule has 0 atom stereocenters. The van der Waals surface area contributed by atoms with Crippen molar-refractivity contribution < 1.29 is 18.3 Å². The Kier molecular flexibility index (Phi) is 5.96. The molecule has 4 aromatic rings. The number of hydrogen-bond donors (Lipinski definition) is 1. The normalized spacial score (nSPS) is 17.5. The van der Waals surface area contributed by atoms with E-state index in [1.54, 1.807) is 30.0 Å². The molecule has 200 valence electrons. The molecule has 2 aliphatic rings. The summed E-state index contributed by atoms with van der Waals surface area (Å²) in [4.78, 5) is 22.6. The number of hydrogen-bond acceptors (Lipinski definition) is 6. The Balaban J connectivity index is 1.25. The van der Waals surface area contributed by atoms with Crippen molar-refractivity contribution in [3.63, 3.8) is 0 Å². The highest BCUT2D eigenvalue weighted by Crippen LogP contribution is 2.44. The number of likely N-dealkylation sites (tertiary alicyclic amines) is 1. The largest absolute Gasteiger partial charge is 0.479 e. The zero-order valence-electron chi connectivity index (χ0n) is 21.7. The first kappa shape index (κ1) is 24.6. The fraction of sp³-hybridized carbons (Fsp3) is 0.481. The minimum absolute atomic E-state index is 0.157. The molecular formula is C27H31F2N7O2. The average Bonchev–Trinajstić information content (AvgIpc) is 3.42. The molecule has 2 fully saturated rings. The van der Waals surface area contributed by atoms with E-state index in [2.05, 4.69) is 15.3 Å². The minimum atomic E-state index is -2.47. The molecule has 1 aliphatic heterocycles. The summed E-state index contributed by atoms with van der Waals surface area (Å²) in [6.45, 7) is 4.70. The lowest BCUT2D eigenvalue weighted by molar-refractivity contribution is -0.143. The molecule has 1 amide bonds. The Bertz CT molecular complexity index is 1510. The summed E-state index contributed by atoms with van der Waals surface area (Å²) in [5.41, 5.74) is 4.00. The van der Waals surface area contributed by atoms with Crippen LogP contribution in [0.25, 0.3) is 27.7 Å². The molecule has 0 unspecified atom stereocenters. The molecule has 1 aliphatic carbocycles. The number of rotatable bonds is 6. The van der Waals surface area contributed by atoms with Gasteiger partial charge in [-0.2, -0.15) is 4.98 Å². The van der Waals surface area contributed by atoms with Gasteiger partial charge in [0.15, 0.2) is 0 Å². The van der Waals surface area contributed by atoms with E-state index in [4.69, 9.17) is 9.84 Å². The van der Waals surface area contributed by atoms with E-state index >= 15 is 0 Å². The van der Waals surface area contributed by atoms with Crippen molar-refractivity contribution in [3.05, 3.63) is 36.3 Å². The topological polar surface area (TPSA) is 89.6 Å². The number of nitrogens with one attached hydrogen (secondary N) is 1. The van der Waals surface area contributed by atoms with Crippen molar-refractivity contribution in [2.24, 2.45) is 5.41 Å². The lowest BCUT2D eigenvalue weighted by atomic mass is 9.67. The van der Waals surface area contributed by atoms with Crippen LogP contribution < -0.4 is 10.1 Å². The van der Waals surface area contributed by atoms with Crippen LogP contribution >= 0.6 is 0 Å². The summed E-state index contributed by atoms with van der Waals surface area (Å²) in [6, 6.07) is 7.84. The Morgan fingerprint density at radius 2 is 1.97 bits per heavy atom. The van der Waals surface area contributed by atoms with Gasteiger partial charge in [0.25, 0.3) is 6.43 Å². The van der Waals surface area contributed by atoms with Crippen LogP contribution in [0, 0.1) is 12.3 Å². The van der Waals surface area contributed by atoms with Crippen molar-refractivity contribution in [1.82, 2.24) is 29.0 Å². The fourth-order valence-corrected chi connectivity index (χ4v) is 6.07. The fourth-order valence-electron chi connectivity index (χ4n) is 6.07. The Labute approximate surface area is 218 Å². The number of methoxy groups -OCH3 is 1. The quantitative estimate of drug-likeness (QED) is 0.400. The molecule has 9 nitrogen and oxygen atoms in total. The maximum atomic E-state index is 13.2. The molecule has 1 saturated carbocycles. The van der Waals surface area contributed by atoms with E-state index in [0.717, 1.165) is 49.9 Å². The van der Waals surface area contributed by atoms with Crippen LogP contribution in [0.4, 0.5) is 14.7 Å². The number of ether oxygens (including phenoxy) is 1. The standard InChI is InChI=1S/C27H31F2N7O2/c1-16-30-21-5-4-18(12-22(21)35(16)13-23(28)29)20-8-11-36-24(20)25(38-3)32-26(33-36)31-19-6-9-27(10-7-19)14-34(15-27)17(2)37/h4-5,8,11-12,19,23H,6-7,9-10,13-15H2,1-3H3,(H,31,33). The lowest BCUT2D eigenvalue weighted by Crippen LogP contribution is -2.59. The van der Waals surface area contributed by atoms with Gasteiger partial charge in [-0.05, 0) is 56.4 Å². The first-order chi connectivity index (χ1) is 18.2. The molecule has 1 aromatic carbocycles. The number of imidazole rings is 1. The maximum absolute atomic E-state index is 13.2. The van der Waals surface area contributed by atoms with Gasteiger partial charge in [-0.15, -0.1) is 5.10 Å². The van der Waals surface area contributed by atoms with Crippen molar-refractivity contribution >= 4 is 28.4 Å². The number of benzene rings is 1. The number of alkyl halides is 2. The van der Waals surface area contributed by atoms with E-state index in [9.17, 15) is 13.6 Å². The molecule has 0 radical (unpaired) electrons. The summed E-state index contributed by atoms with van der Waals surface area (Å²) in [5, 5.41) is 8.18. The molecule has 1 N–H and O–H groups in total. The number of amides is 1. The molecular weight excluding hydrogens is 492 g/mol. The number of aryl methyl sites for hydroxylation is 1. The van der Waals surface area contributed by atoms with Gasteiger partial charge in [-0.3, -0.25) is 4.79 Å². The second kappa shape index (κ2) is 9.21. The average molecular weight is 524 g/mol. The van der Waals surface area contributed by atoms with Crippen LogP contribution in [0.5, 0.6) is 5.88 Å². The summed E-state index contributed by atoms with van der Waals surface area (Å²) in [7, 11) is 1.58. The SMILES string of the molecule is COc1nc(NC2CCC3(CC2)CN(C(C)=O)C3)nn2ccc(-c3ccc4nc(C)n(CC(F)F)c4c3)c12. The predicted octanol–water partition coefficient (Wildman–Crippen LogP) is 4.53. The maximum Gasteiger partial charge on any atom is 0.256 e. The third-order valence-corrected chi connectivity index (χ3v) is 8.12. The van der Waals surface area contributed by atoms with Crippen LogP contribution in [-0.4, -0.2) is 67.6 Å². The monoisotopic (exact) mass is 523 g/mol. The molecule has 6 rings (SSSR count). The van der Waals surface area contributed by atoms with E-state index in [-0.39, 0.29) is 17.4 Å². The third-order valence-electron chi connectivity index (χ3n) is 8.12. The molecule has 0 bridgehead atoms. The zero-order chi connectivity index (χ0) is 26.6. The first-order valence-corrected chi connectivity index (χ1v) is 13.0. The van der Waals surface area contributed by atoms with Crippen LogP contribution in [-0.2, 0) is 11.3 Å². The summed E-state index contributed by atoms with van der Waals surface area (Å²) >= 11 is 0. The predicted molar refractivity (Wildman–Crippen MR) is 140 cm³/mol. The number of fused-ring (bicyclic) bond motifs is 2. The summed E-state index contributed by atoms with van der Waals surface area (Å²) < 4.78 is 35.4. The molecule has 1 saturated heterocycles. The number of halogens is 2. The van der Waals surface area contributed by atoms with Gasteiger partial charge in [0.1, 0.15) is 11.3 Å². The third kappa shape index (κ3) is 4.23. The van der Waals surface area contributed by atoms with Gasteiger partial charge in [0.2, 0.25) is 17.7 Å². The summed E-state index contributed by atoms with van der Waals surface area (Å²) in [5.74, 6) is 1.64. The van der Waals surface area contributed by atoms with Crippen LogP contribution in [0.2, 0.25) is 0 Å². The highest BCUT2D eigenvalue weighted by Gasteiger charge is 2.46. The van der Waals surface area contributed by atoms with Crippen LogP contribution in [0.15, 0.2) is 30.5 Å². The first-order valence-electron chi connectivity index (χ1n) is 13.0. The Morgan fingerprint density at radius 1 is 1.21 bits per heavy atom. The van der Waals surface area contributed by atoms with Gasteiger partial charge >= 0.3 is 0 Å². The van der Waals surface area contributed by atoms with Crippen molar-refractivity contribution in [2.75, 3.05) is 25.5 Å². The van der Waals surface area contributed by atoms with E-state index in [1.165, 1.54) is 0 Å². The molecule has 3 aromatic heterocycles. The van der Waals surface area contributed by atoms with Crippen LogP contribution in [0.3, 0.4) is 0 Å². The molecule has 11 heteroatoms. The number of aromatic nitrogens is 5. The minimum Gasteiger partial charge on any atom is -0.479 e. The highest BCUT2D eigenvalue weighted by atomic mass is 19.3. The van der Waals surface area contributed by atoms with E-state index < -0.39 is 13.0 Å². The molecule has 1 spiro atoms. The van der Waals surface area contributed by atoms with Crippen molar-refractivity contribution in [2.45, 2.75) is 58.5 Å². The second-order valence-electron chi connectivity index (χ2n) is 10.6. The van der Waals surface area contributed by atoms with Gasteiger partial charge in [0, 0.05) is 43.2 Å².